The van der Waals surface area contributed by atoms with E-state index in [2.05, 4.69) is 22.5 Å². The van der Waals surface area contributed by atoms with Crippen LogP contribution < -0.4 is 25.3 Å². The Morgan fingerprint density at radius 1 is 1.06 bits per heavy atom. The summed E-state index contributed by atoms with van der Waals surface area (Å²) in [6.45, 7) is 4.54. The Morgan fingerprint density at radius 3 is 2.27 bits per heavy atom. The average Bonchev–Trinajstić information content (AvgIpc) is 3.07. The molecule has 0 aliphatic carbocycles. The molecule has 9 nitrogen and oxygen atoms in total. The summed E-state index contributed by atoms with van der Waals surface area (Å²) in [5, 5.41) is 7.56. The van der Waals surface area contributed by atoms with Crippen molar-refractivity contribution in [3.63, 3.8) is 0 Å². The highest BCUT2D eigenvalue weighted by atomic mass is 16.5. The van der Waals surface area contributed by atoms with E-state index < -0.39 is 5.91 Å². The summed E-state index contributed by atoms with van der Waals surface area (Å²) < 4.78 is 18.0. The molecule has 0 unspecified atom stereocenters. The maximum Gasteiger partial charge on any atom is 0.255 e. The second-order valence-electron chi connectivity index (χ2n) is 7.44. The second-order valence-corrected chi connectivity index (χ2v) is 7.44. The highest BCUT2D eigenvalue weighted by molar-refractivity contribution is 5.95. The van der Waals surface area contributed by atoms with Crippen molar-refractivity contribution in [3.05, 3.63) is 70.5 Å². The topological polar surface area (TPSA) is 118 Å². The van der Waals surface area contributed by atoms with Gasteiger partial charge >= 0.3 is 0 Å². The molecule has 0 saturated carbocycles. The molecule has 0 radical (unpaired) electrons. The van der Waals surface area contributed by atoms with Gasteiger partial charge in [0.05, 0.1) is 26.5 Å². The van der Waals surface area contributed by atoms with Gasteiger partial charge in [-0.15, -0.1) is 0 Å². The molecule has 33 heavy (non-hydrogen) atoms. The molecule has 2 amide bonds. The number of aryl methyl sites for hydroxylation is 1. The van der Waals surface area contributed by atoms with Crippen molar-refractivity contribution in [3.8, 4) is 17.2 Å². The van der Waals surface area contributed by atoms with Gasteiger partial charge in [0.25, 0.3) is 11.8 Å². The minimum atomic E-state index is -0.639. The van der Waals surface area contributed by atoms with Gasteiger partial charge in [0.15, 0.2) is 18.1 Å². The standard InChI is InChI=1S/C24H28N4O5/c1-15-19(16(2)28(27-15)13-17-8-6-5-7-9-17)12-26-24(30)18-10-20(31-3)23(21(11-18)32-4)33-14-22(25)29/h5-11H,12-14H2,1-4H3,(H2,25,29)(H,26,30). The summed E-state index contributed by atoms with van der Waals surface area (Å²) in [5.41, 5.74) is 9.42. The Balaban J connectivity index is 1.76. The fourth-order valence-electron chi connectivity index (χ4n) is 3.47. The monoisotopic (exact) mass is 452 g/mol. The van der Waals surface area contributed by atoms with Crippen LogP contribution in [0.4, 0.5) is 0 Å². The zero-order chi connectivity index (χ0) is 24.0. The molecule has 0 fully saturated rings. The first-order valence-electron chi connectivity index (χ1n) is 10.4. The van der Waals surface area contributed by atoms with Crippen LogP contribution in [0.5, 0.6) is 17.2 Å². The lowest BCUT2D eigenvalue weighted by atomic mass is 10.1. The van der Waals surface area contributed by atoms with Crippen LogP contribution >= 0.6 is 0 Å². The molecule has 0 aliphatic heterocycles. The molecule has 3 rings (SSSR count). The average molecular weight is 453 g/mol. The summed E-state index contributed by atoms with van der Waals surface area (Å²) in [5.74, 6) is -0.251. The number of ether oxygens (including phenoxy) is 3. The van der Waals surface area contributed by atoms with Gasteiger partial charge < -0.3 is 25.3 Å². The minimum absolute atomic E-state index is 0.198. The van der Waals surface area contributed by atoms with E-state index in [1.807, 2.05) is 36.7 Å². The number of carbonyl (C=O) groups excluding carboxylic acids is 2. The predicted molar refractivity (Wildman–Crippen MR) is 123 cm³/mol. The van der Waals surface area contributed by atoms with Crippen LogP contribution in [0, 0.1) is 13.8 Å². The lowest BCUT2D eigenvalue weighted by molar-refractivity contribution is -0.120. The van der Waals surface area contributed by atoms with E-state index in [0.717, 1.165) is 22.5 Å². The van der Waals surface area contributed by atoms with Gasteiger partial charge in [-0.3, -0.25) is 14.3 Å². The molecule has 174 valence electrons. The number of nitrogens with one attached hydrogen (secondary N) is 1. The van der Waals surface area contributed by atoms with Gasteiger partial charge in [-0.05, 0) is 31.5 Å². The number of nitrogens with two attached hydrogens (primary N) is 1. The van der Waals surface area contributed by atoms with Crippen LogP contribution in [-0.4, -0.2) is 42.4 Å². The van der Waals surface area contributed by atoms with E-state index in [4.69, 9.17) is 19.9 Å². The highest BCUT2D eigenvalue weighted by Gasteiger charge is 2.19. The molecule has 0 spiro atoms. The SMILES string of the molecule is COc1cc(C(=O)NCc2c(C)nn(Cc3ccccc3)c2C)cc(OC)c1OCC(N)=O. The molecule has 0 aliphatic rings. The van der Waals surface area contributed by atoms with Crippen LogP contribution in [0.3, 0.4) is 0 Å². The Hall–Kier alpha value is -4.01. The molecule has 3 N–H and O–H groups in total. The molecule has 0 atom stereocenters. The first-order valence-corrected chi connectivity index (χ1v) is 10.4. The van der Waals surface area contributed by atoms with Gasteiger partial charge in [0.2, 0.25) is 5.75 Å². The fourth-order valence-corrected chi connectivity index (χ4v) is 3.47. The van der Waals surface area contributed by atoms with Crippen LogP contribution in [0.25, 0.3) is 0 Å². The molecular formula is C24H28N4O5. The van der Waals surface area contributed by atoms with Crippen molar-refractivity contribution < 1.29 is 23.8 Å². The molecular weight excluding hydrogens is 424 g/mol. The quantitative estimate of drug-likeness (QED) is 0.488. The van der Waals surface area contributed by atoms with E-state index in [1.165, 1.54) is 26.4 Å². The zero-order valence-corrected chi connectivity index (χ0v) is 19.2. The lowest BCUT2D eigenvalue weighted by Gasteiger charge is -2.15. The maximum absolute atomic E-state index is 12.9. The summed E-state index contributed by atoms with van der Waals surface area (Å²) in [6.07, 6.45) is 0. The third-order valence-corrected chi connectivity index (χ3v) is 5.21. The maximum atomic E-state index is 12.9. The molecule has 3 aromatic rings. The van der Waals surface area contributed by atoms with E-state index in [1.54, 1.807) is 0 Å². The molecule has 0 bridgehead atoms. The number of carbonyl (C=O) groups is 2. The van der Waals surface area contributed by atoms with Crippen LogP contribution in [0.15, 0.2) is 42.5 Å². The van der Waals surface area contributed by atoms with Gasteiger partial charge in [-0.25, -0.2) is 0 Å². The fraction of sp³-hybridized carbons (Fsp3) is 0.292. The van der Waals surface area contributed by atoms with Crippen molar-refractivity contribution in [1.29, 1.82) is 0 Å². The number of benzene rings is 2. The summed E-state index contributed by atoms with van der Waals surface area (Å²) in [7, 11) is 2.86. The largest absolute Gasteiger partial charge is 0.493 e. The number of aromatic nitrogens is 2. The lowest BCUT2D eigenvalue weighted by Crippen LogP contribution is -2.24. The molecule has 0 saturated heterocycles. The minimum Gasteiger partial charge on any atom is -0.493 e. The van der Waals surface area contributed by atoms with Crippen molar-refractivity contribution in [2.45, 2.75) is 26.9 Å². The van der Waals surface area contributed by atoms with Gasteiger partial charge in [0.1, 0.15) is 0 Å². The van der Waals surface area contributed by atoms with Crippen molar-refractivity contribution >= 4 is 11.8 Å². The number of methoxy groups -OCH3 is 2. The first-order chi connectivity index (χ1) is 15.8. The van der Waals surface area contributed by atoms with Gasteiger partial charge in [-0.2, -0.15) is 5.10 Å². The summed E-state index contributed by atoms with van der Waals surface area (Å²) in [4.78, 5) is 24.0. The molecule has 1 heterocycles. The molecule has 2 aromatic carbocycles. The Kier molecular flexibility index (Phi) is 7.55. The third kappa shape index (κ3) is 5.62. The van der Waals surface area contributed by atoms with Crippen molar-refractivity contribution in [1.82, 2.24) is 15.1 Å². The normalized spacial score (nSPS) is 10.5. The number of nitrogens with zero attached hydrogens (tertiary/aromatic N) is 2. The van der Waals surface area contributed by atoms with E-state index >= 15 is 0 Å². The second kappa shape index (κ2) is 10.5. The Morgan fingerprint density at radius 2 is 1.70 bits per heavy atom. The number of hydrogen-bond acceptors (Lipinski definition) is 6. The number of hydrogen-bond donors (Lipinski definition) is 2. The van der Waals surface area contributed by atoms with E-state index in [-0.39, 0.29) is 29.8 Å². The summed E-state index contributed by atoms with van der Waals surface area (Å²) >= 11 is 0. The third-order valence-electron chi connectivity index (χ3n) is 5.21. The highest BCUT2D eigenvalue weighted by Crippen LogP contribution is 2.38. The number of primary amides is 1. The Labute approximate surface area is 192 Å². The van der Waals surface area contributed by atoms with E-state index in [0.29, 0.717) is 18.7 Å². The first kappa shape index (κ1) is 23.6. The van der Waals surface area contributed by atoms with Crippen molar-refractivity contribution in [2.75, 3.05) is 20.8 Å². The van der Waals surface area contributed by atoms with Crippen molar-refractivity contribution in [2.24, 2.45) is 5.73 Å². The summed E-state index contributed by atoms with van der Waals surface area (Å²) in [6, 6.07) is 13.1. The van der Waals surface area contributed by atoms with Crippen LogP contribution in [0.1, 0.15) is 32.9 Å². The molecule has 9 heteroatoms. The molecule has 1 aromatic heterocycles. The van der Waals surface area contributed by atoms with Gasteiger partial charge in [0, 0.05) is 23.4 Å². The smallest absolute Gasteiger partial charge is 0.255 e. The Bertz CT molecular complexity index is 1120. The van der Waals surface area contributed by atoms with Crippen LogP contribution in [-0.2, 0) is 17.9 Å². The van der Waals surface area contributed by atoms with Crippen LogP contribution in [0.2, 0.25) is 0 Å². The van der Waals surface area contributed by atoms with Gasteiger partial charge in [-0.1, -0.05) is 30.3 Å². The number of amides is 2. The zero-order valence-electron chi connectivity index (χ0n) is 19.2. The predicted octanol–water partition coefficient (Wildman–Crippen LogP) is 2.36. The van der Waals surface area contributed by atoms with E-state index in [9.17, 15) is 9.59 Å². The number of rotatable bonds is 10.